The highest BCUT2D eigenvalue weighted by atomic mass is 16.6. The predicted molar refractivity (Wildman–Crippen MR) is 127 cm³/mol. The highest BCUT2D eigenvalue weighted by Crippen LogP contribution is 2.51. The average molecular weight is 495 g/mol. The van der Waals surface area contributed by atoms with E-state index in [2.05, 4.69) is 5.32 Å². The van der Waals surface area contributed by atoms with Gasteiger partial charge in [0.05, 0.1) is 35.6 Å². The SMILES string of the molecule is COc1ccc(C2C3C(=O)N(c4cccc([N+](=O)[O-])c4)C(=O)C3C(C(N)=O)N2C(=O)NC(C)C)cc1. The largest absolute Gasteiger partial charge is 0.497 e. The lowest BCUT2D eigenvalue weighted by Gasteiger charge is -2.33. The van der Waals surface area contributed by atoms with Crippen molar-refractivity contribution in [2.45, 2.75) is 32.0 Å². The Morgan fingerprint density at radius 3 is 2.28 bits per heavy atom. The number of imide groups is 1. The molecule has 0 aliphatic carbocycles. The molecule has 5 amide bonds. The van der Waals surface area contributed by atoms with E-state index < -0.39 is 52.6 Å². The van der Waals surface area contributed by atoms with E-state index in [9.17, 15) is 29.3 Å². The van der Waals surface area contributed by atoms with Crippen molar-refractivity contribution in [2.75, 3.05) is 12.0 Å². The third-order valence-electron chi connectivity index (χ3n) is 6.37. The zero-order valence-corrected chi connectivity index (χ0v) is 19.8. The monoisotopic (exact) mass is 495 g/mol. The van der Waals surface area contributed by atoms with Gasteiger partial charge in [-0.1, -0.05) is 18.2 Å². The summed E-state index contributed by atoms with van der Waals surface area (Å²) < 4.78 is 5.20. The van der Waals surface area contributed by atoms with Crippen molar-refractivity contribution in [2.24, 2.45) is 17.6 Å². The molecule has 36 heavy (non-hydrogen) atoms. The van der Waals surface area contributed by atoms with Crippen LogP contribution in [0.25, 0.3) is 0 Å². The van der Waals surface area contributed by atoms with Crippen LogP contribution < -0.4 is 20.7 Å². The van der Waals surface area contributed by atoms with Gasteiger partial charge in [0.1, 0.15) is 11.8 Å². The number of ether oxygens (including phenoxy) is 1. The number of primary amides is 1. The van der Waals surface area contributed by atoms with Crippen molar-refractivity contribution in [1.29, 1.82) is 0 Å². The quantitative estimate of drug-likeness (QED) is 0.350. The van der Waals surface area contributed by atoms with Gasteiger partial charge in [-0.15, -0.1) is 0 Å². The summed E-state index contributed by atoms with van der Waals surface area (Å²) in [6, 6.07) is 8.31. The second kappa shape index (κ2) is 9.29. The molecule has 2 aromatic carbocycles. The second-order valence-corrected chi connectivity index (χ2v) is 8.92. The van der Waals surface area contributed by atoms with Crippen LogP contribution in [-0.2, 0) is 14.4 Å². The number of nitro groups is 1. The van der Waals surface area contributed by atoms with Crippen molar-refractivity contribution < 1.29 is 28.8 Å². The first-order valence-corrected chi connectivity index (χ1v) is 11.2. The number of nitrogens with zero attached hydrogens (tertiary/aromatic N) is 3. The summed E-state index contributed by atoms with van der Waals surface area (Å²) in [5, 5.41) is 14.0. The van der Waals surface area contributed by atoms with Crippen LogP contribution in [0.3, 0.4) is 0 Å². The van der Waals surface area contributed by atoms with Crippen molar-refractivity contribution in [3.05, 3.63) is 64.2 Å². The van der Waals surface area contributed by atoms with Gasteiger partial charge in [0.2, 0.25) is 17.7 Å². The van der Waals surface area contributed by atoms with E-state index >= 15 is 0 Å². The van der Waals surface area contributed by atoms with Crippen LogP contribution >= 0.6 is 0 Å². The van der Waals surface area contributed by atoms with Crippen LogP contribution in [-0.4, -0.2) is 52.8 Å². The van der Waals surface area contributed by atoms with Gasteiger partial charge < -0.3 is 20.7 Å². The number of non-ortho nitro benzene ring substituents is 1. The van der Waals surface area contributed by atoms with Crippen LogP contribution in [0.15, 0.2) is 48.5 Å². The number of urea groups is 1. The first-order chi connectivity index (χ1) is 17.1. The fraction of sp³-hybridized carbons (Fsp3) is 0.333. The van der Waals surface area contributed by atoms with Gasteiger partial charge in [-0.25, -0.2) is 9.69 Å². The lowest BCUT2D eigenvalue weighted by Crippen LogP contribution is -2.54. The van der Waals surface area contributed by atoms with E-state index in [0.717, 1.165) is 11.0 Å². The standard InChI is InChI=1S/C24H25N5O7/c1-12(2)26-24(33)28-19(13-7-9-16(36-3)10-8-13)17-18(20(28)21(25)30)23(32)27(22(17)31)14-5-4-6-15(11-14)29(34)35/h4-12,17-20H,1-3H3,(H2,25,30)(H,26,33). The summed E-state index contributed by atoms with van der Waals surface area (Å²) in [4.78, 5) is 65.9. The number of hydrogen-bond acceptors (Lipinski definition) is 7. The van der Waals surface area contributed by atoms with E-state index in [1.165, 1.54) is 30.2 Å². The number of nitrogens with one attached hydrogen (secondary N) is 1. The molecule has 2 aromatic rings. The number of benzene rings is 2. The molecule has 12 nitrogen and oxygen atoms in total. The molecule has 0 bridgehead atoms. The fourth-order valence-electron chi connectivity index (χ4n) is 4.95. The molecule has 0 aromatic heterocycles. The first kappa shape index (κ1) is 24.6. The number of amides is 5. The van der Waals surface area contributed by atoms with Crippen LogP contribution in [0, 0.1) is 22.0 Å². The van der Waals surface area contributed by atoms with Gasteiger partial charge in [-0.3, -0.25) is 24.5 Å². The molecule has 188 valence electrons. The maximum atomic E-state index is 13.7. The Morgan fingerprint density at radius 2 is 1.72 bits per heavy atom. The molecule has 0 radical (unpaired) electrons. The highest BCUT2D eigenvalue weighted by molar-refractivity contribution is 6.24. The summed E-state index contributed by atoms with van der Waals surface area (Å²) in [5.74, 6) is -4.25. The minimum Gasteiger partial charge on any atom is -0.497 e. The molecule has 4 unspecified atom stereocenters. The predicted octanol–water partition coefficient (Wildman–Crippen LogP) is 1.74. The number of likely N-dealkylation sites (tertiary alicyclic amines) is 1. The average Bonchev–Trinajstić information content (AvgIpc) is 3.32. The van der Waals surface area contributed by atoms with Gasteiger partial charge in [-0.05, 0) is 37.6 Å². The Bertz CT molecular complexity index is 1250. The van der Waals surface area contributed by atoms with Gasteiger partial charge in [-0.2, -0.15) is 0 Å². The van der Waals surface area contributed by atoms with Crippen LogP contribution in [0.4, 0.5) is 16.2 Å². The van der Waals surface area contributed by atoms with Crippen LogP contribution in [0.1, 0.15) is 25.5 Å². The van der Waals surface area contributed by atoms with Gasteiger partial charge in [0.25, 0.3) is 5.69 Å². The molecule has 2 aliphatic heterocycles. The molecule has 0 spiro atoms. The summed E-state index contributed by atoms with van der Waals surface area (Å²) in [6.07, 6.45) is 0. The van der Waals surface area contributed by atoms with Gasteiger partial charge in [0, 0.05) is 18.2 Å². The highest BCUT2D eigenvalue weighted by Gasteiger charge is 2.65. The van der Waals surface area contributed by atoms with E-state index in [-0.39, 0.29) is 17.4 Å². The number of rotatable bonds is 6. The lowest BCUT2D eigenvalue weighted by atomic mass is 9.86. The van der Waals surface area contributed by atoms with Crippen molar-refractivity contribution in [3.8, 4) is 5.75 Å². The molecular formula is C24H25N5O7. The molecule has 3 N–H and O–H groups in total. The maximum Gasteiger partial charge on any atom is 0.318 e. The number of nitro benzene ring substituents is 1. The van der Waals surface area contributed by atoms with Crippen molar-refractivity contribution in [1.82, 2.24) is 10.2 Å². The zero-order chi connectivity index (χ0) is 26.3. The number of hydrogen-bond donors (Lipinski definition) is 2. The summed E-state index contributed by atoms with van der Waals surface area (Å²) in [7, 11) is 1.49. The molecular weight excluding hydrogens is 470 g/mol. The number of carbonyl (C=O) groups excluding carboxylic acids is 4. The van der Waals surface area contributed by atoms with E-state index in [4.69, 9.17) is 10.5 Å². The number of anilines is 1. The third-order valence-corrected chi connectivity index (χ3v) is 6.37. The minimum absolute atomic E-state index is 0.00323. The first-order valence-electron chi connectivity index (χ1n) is 11.2. The molecule has 12 heteroatoms. The third kappa shape index (κ3) is 4.00. The second-order valence-electron chi connectivity index (χ2n) is 8.92. The van der Waals surface area contributed by atoms with E-state index in [1.54, 1.807) is 38.1 Å². The number of nitrogens with two attached hydrogens (primary N) is 1. The Balaban J connectivity index is 1.86. The molecule has 2 fully saturated rings. The molecule has 2 heterocycles. The van der Waals surface area contributed by atoms with Crippen molar-refractivity contribution in [3.63, 3.8) is 0 Å². The number of methoxy groups -OCH3 is 1. The summed E-state index contributed by atoms with van der Waals surface area (Å²) in [5.41, 5.74) is 5.90. The Kier molecular flexibility index (Phi) is 6.35. The smallest absolute Gasteiger partial charge is 0.318 e. The van der Waals surface area contributed by atoms with E-state index in [1.807, 2.05) is 0 Å². The summed E-state index contributed by atoms with van der Waals surface area (Å²) >= 11 is 0. The molecule has 2 aliphatic rings. The van der Waals surface area contributed by atoms with Gasteiger partial charge >= 0.3 is 6.03 Å². The fourth-order valence-corrected chi connectivity index (χ4v) is 4.95. The molecule has 0 saturated carbocycles. The molecule has 4 rings (SSSR count). The molecule has 4 atom stereocenters. The molecule has 2 saturated heterocycles. The van der Waals surface area contributed by atoms with Crippen LogP contribution in [0.2, 0.25) is 0 Å². The van der Waals surface area contributed by atoms with E-state index in [0.29, 0.717) is 11.3 Å². The Hall–Kier alpha value is -4.48. The number of carbonyl (C=O) groups is 4. The summed E-state index contributed by atoms with van der Waals surface area (Å²) in [6.45, 7) is 3.47. The van der Waals surface area contributed by atoms with Gasteiger partial charge in [0.15, 0.2) is 0 Å². The topological polar surface area (TPSA) is 165 Å². The van der Waals surface area contributed by atoms with Crippen molar-refractivity contribution >= 4 is 35.1 Å². The minimum atomic E-state index is -1.42. The normalized spacial score (nSPS) is 23.1. The lowest BCUT2D eigenvalue weighted by molar-refractivity contribution is -0.384. The number of fused-ring (bicyclic) bond motifs is 1. The maximum absolute atomic E-state index is 13.7. The Labute approximate surface area is 206 Å². The zero-order valence-electron chi connectivity index (χ0n) is 19.8. The van der Waals surface area contributed by atoms with Crippen LogP contribution in [0.5, 0.6) is 5.75 Å². The Morgan fingerprint density at radius 1 is 1.08 bits per heavy atom.